The fourth-order valence-corrected chi connectivity index (χ4v) is 5.60. The van der Waals surface area contributed by atoms with Crippen LogP contribution in [0.4, 0.5) is 5.13 Å². The van der Waals surface area contributed by atoms with Crippen molar-refractivity contribution in [2.75, 3.05) is 18.2 Å². The van der Waals surface area contributed by atoms with E-state index < -0.39 is 101 Å². The molecule has 1 aromatic rings. The Hall–Kier alpha value is -3.97. The summed E-state index contributed by atoms with van der Waals surface area (Å²) in [6.45, 7) is -0.616. The number of nitrogens with one attached hydrogen (secondary N) is 1. The summed E-state index contributed by atoms with van der Waals surface area (Å²) >= 11 is -1.17. The van der Waals surface area contributed by atoms with Crippen LogP contribution in [0.5, 0.6) is 0 Å². The summed E-state index contributed by atoms with van der Waals surface area (Å²) in [4.78, 5) is 80.5. The summed E-state index contributed by atoms with van der Waals surface area (Å²) < 4.78 is 17.8. The van der Waals surface area contributed by atoms with Gasteiger partial charge in [0.15, 0.2) is 23.6 Å². The second kappa shape index (κ2) is 11.4. The van der Waals surface area contributed by atoms with Crippen LogP contribution in [-0.2, 0) is 49.5 Å². The molecule has 0 saturated carbocycles. The third kappa shape index (κ3) is 6.43. The van der Waals surface area contributed by atoms with Crippen LogP contribution in [0.25, 0.3) is 0 Å². The number of carbonyl (C=O) groups is 6. The number of nitrogens with zero attached hydrogens (tertiary/aromatic N) is 3. The van der Waals surface area contributed by atoms with Crippen LogP contribution in [-0.4, -0.2) is 101 Å². The summed E-state index contributed by atoms with van der Waals surface area (Å²) in [6, 6.07) is -1.46. The number of amides is 2. The van der Waals surface area contributed by atoms with Crippen molar-refractivity contribution in [2.24, 2.45) is 11.1 Å². The van der Waals surface area contributed by atoms with Gasteiger partial charge < -0.3 is 40.5 Å². The number of aliphatic carboxylic acids is 3. The van der Waals surface area contributed by atoms with Crippen LogP contribution in [0.1, 0.15) is 18.5 Å². The number of fused-ring (bicyclic) bond motifs is 1. The van der Waals surface area contributed by atoms with Crippen LogP contribution in [0, 0.1) is 5.92 Å². The Kier molecular flexibility index (Phi) is 8.50. The van der Waals surface area contributed by atoms with E-state index in [2.05, 4.69) is 15.5 Å². The highest BCUT2D eigenvalue weighted by atomic mass is 32.2. The second-order valence-electron chi connectivity index (χ2n) is 7.62. The predicted octanol–water partition coefficient (Wildman–Crippen LogP) is -2.62. The summed E-state index contributed by atoms with van der Waals surface area (Å²) in [5.74, 6) is -9.32. The van der Waals surface area contributed by atoms with Crippen molar-refractivity contribution in [2.45, 2.75) is 30.4 Å². The fraction of sp³-hybridized carbons (Fsp3) is 0.444. The molecule has 2 amide bonds. The summed E-state index contributed by atoms with van der Waals surface area (Å²) in [5, 5.41) is 33.0. The van der Waals surface area contributed by atoms with Gasteiger partial charge in [0.1, 0.15) is 17.4 Å². The topological polar surface area (TPSA) is 271 Å². The van der Waals surface area contributed by atoms with Gasteiger partial charge in [-0.05, 0) is 11.2 Å². The molecular weight excluding hydrogens is 542 g/mol. The smallest absolute Gasteiger partial charge is 0.348 e. The van der Waals surface area contributed by atoms with Gasteiger partial charge in [-0.3, -0.25) is 28.9 Å². The van der Waals surface area contributed by atoms with E-state index in [1.165, 1.54) is 5.38 Å². The number of hydrogen-bond acceptors (Lipinski definition) is 13. The molecule has 0 radical (unpaired) electrons. The molecule has 3 rings (SSSR count). The molecule has 37 heavy (non-hydrogen) atoms. The Balaban J connectivity index is 1.84. The zero-order chi connectivity index (χ0) is 27.4. The van der Waals surface area contributed by atoms with E-state index in [9.17, 15) is 38.4 Å². The van der Waals surface area contributed by atoms with Crippen molar-refractivity contribution >= 4 is 69.0 Å². The summed E-state index contributed by atoms with van der Waals surface area (Å²) in [7, 11) is 0. The number of rotatable bonds is 9. The van der Waals surface area contributed by atoms with Crippen LogP contribution in [0.15, 0.2) is 10.5 Å². The van der Waals surface area contributed by atoms with E-state index in [0.29, 0.717) is 0 Å². The number of aromatic nitrogens is 1. The first-order valence-corrected chi connectivity index (χ1v) is 12.4. The Morgan fingerprint density at radius 3 is 2.62 bits per heavy atom. The van der Waals surface area contributed by atoms with Crippen LogP contribution < -0.4 is 11.1 Å². The van der Waals surface area contributed by atoms with Crippen molar-refractivity contribution in [1.82, 2.24) is 15.2 Å². The number of cyclic esters (lactones) is 1. The van der Waals surface area contributed by atoms with Crippen molar-refractivity contribution in [1.29, 1.82) is 0 Å². The number of thiazole rings is 1. The zero-order valence-electron chi connectivity index (χ0n) is 18.5. The quantitative estimate of drug-likeness (QED) is 0.0679. The number of carbonyl (C=O) groups excluding carboxylic acids is 3. The van der Waals surface area contributed by atoms with E-state index >= 15 is 0 Å². The average Bonchev–Trinajstić information content (AvgIpc) is 3.25. The van der Waals surface area contributed by atoms with Gasteiger partial charge in [-0.2, -0.15) is 0 Å². The lowest BCUT2D eigenvalue weighted by Gasteiger charge is -2.45. The second-order valence-corrected chi connectivity index (χ2v) is 10.1. The maximum atomic E-state index is 13.0. The molecule has 3 heterocycles. The Bertz CT molecular complexity index is 1160. The third-order valence-corrected chi connectivity index (χ3v) is 7.55. The molecule has 2 aliphatic rings. The Labute approximate surface area is 213 Å². The molecule has 0 aliphatic carbocycles. The van der Waals surface area contributed by atoms with Gasteiger partial charge in [0, 0.05) is 5.38 Å². The maximum Gasteiger partial charge on any atom is 0.348 e. The number of nitrogens with two attached hydrogens (primary N) is 1. The van der Waals surface area contributed by atoms with Gasteiger partial charge in [0.2, 0.25) is 11.5 Å². The number of nitrogen functional groups attached to an aromatic ring is 1. The first kappa shape index (κ1) is 27.6. The molecule has 0 aromatic carbocycles. The van der Waals surface area contributed by atoms with Crippen molar-refractivity contribution in [3.63, 3.8) is 0 Å². The molecule has 200 valence electrons. The standard InChI is InChI=1S/C18H19N5O12S2/c19-18-20-7(3-36-18)11(22-35-8(17(31)32)2-9(24)25)13(27)21-12-14(28)23-5-34-10(26)1-6(16(29)30)4-37(33)15(12)23/h3,6,8,12,15H,1-2,4-5H2,(H2,19,20)(H,21,27)(H,24,25)(H,29,30)(H,31,32)/b22-11-/t6-,8-,12+,15+,37?/m0/s1. The molecule has 19 heteroatoms. The van der Waals surface area contributed by atoms with E-state index in [0.717, 1.165) is 16.2 Å². The number of carboxylic acids is 3. The van der Waals surface area contributed by atoms with Crippen LogP contribution in [0.3, 0.4) is 0 Å². The first-order chi connectivity index (χ1) is 17.4. The van der Waals surface area contributed by atoms with Gasteiger partial charge in [-0.25, -0.2) is 9.78 Å². The van der Waals surface area contributed by atoms with Gasteiger partial charge in [0.25, 0.3) is 11.8 Å². The lowest BCUT2D eigenvalue weighted by atomic mass is 10.1. The normalized spacial score (nSPS) is 24.8. The number of ether oxygens (including phenoxy) is 1. The van der Waals surface area contributed by atoms with Crippen molar-refractivity contribution < 1.29 is 58.2 Å². The number of anilines is 1. The summed E-state index contributed by atoms with van der Waals surface area (Å²) in [6.07, 6.45) is -3.53. The number of carboxylic acid groups (broad SMARTS) is 3. The third-order valence-electron chi connectivity index (χ3n) is 5.08. The molecule has 1 aromatic heterocycles. The average molecular weight is 562 g/mol. The molecule has 1 unspecified atom stereocenters. The van der Waals surface area contributed by atoms with E-state index in [1.807, 2.05) is 0 Å². The maximum absolute atomic E-state index is 13.0. The lowest BCUT2D eigenvalue weighted by Crippen LogP contribution is -2.74. The lowest BCUT2D eigenvalue weighted by molar-refractivity contribution is -0.165. The molecule has 17 nitrogen and oxygen atoms in total. The van der Waals surface area contributed by atoms with E-state index in [1.54, 1.807) is 0 Å². The van der Waals surface area contributed by atoms with Crippen LogP contribution in [0.2, 0.25) is 0 Å². The van der Waals surface area contributed by atoms with Gasteiger partial charge in [-0.1, -0.05) is 5.16 Å². The highest BCUT2D eigenvalue weighted by molar-refractivity contribution is 7.92. The molecule has 0 spiro atoms. The van der Waals surface area contributed by atoms with Gasteiger partial charge in [-0.15, -0.1) is 11.3 Å². The van der Waals surface area contributed by atoms with Crippen LogP contribution >= 0.6 is 11.3 Å². The minimum atomic E-state index is -2.05. The highest BCUT2D eigenvalue weighted by Gasteiger charge is 2.57. The van der Waals surface area contributed by atoms with Gasteiger partial charge in [0.05, 0.1) is 12.8 Å². The minimum absolute atomic E-state index is 0.0133. The van der Waals surface area contributed by atoms with Crippen molar-refractivity contribution in [3.8, 4) is 0 Å². The Morgan fingerprint density at radius 1 is 1.35 bits per heavy atom. The SMILES string of the molecule is Nc1nc(/C(=N/O[C@@H](CC(=O)O)C(=O)O)C(=O)N[C@@H]2C(=O)N3COC(=O)C[C@H](C(=O)O)C[S+]([O-])[C@H]23)cs1. The zero-order valence-corrected chi connectivity index (χ0v) is 20.1. The summed E-state index contributed by atoms with van der Waals surface area (Å²) in [5.41, 5.74) is 4.70. The molecule has 6 N–H and O–H groups in total. The molecule has 2 fully saturated rings. The Morgan fingerprint density at radius 2 is 2.05 bits per heavy atom. The predicted molar refractivity (Wildman–Crippen MR) is 120 cm³/mol. The monoisotopic (exact) mass is 561 g/mol. The van der Waals surface area contributed by atoms with E-state index in [-0.39, 0.29) is 10.8 Å². The molecular formula is C18H19N5O12S2. The highest BCUT2D eigenvalue weighted by Crippen LogP contribution is 2.29. The largest absolute Gasteiger partial charge is 0.615 e. The molecule has 0 bridgehead atoms. The number of oxime groups is 1. The minimum Gasteiger partial charge on any atom is -0.615 e. The van der Waals surface area contributed by atoms with Crippen molar-refractivity contribution in [3.05, 3.63) is 11.1 Å². The fourth-order valence-electron chi connectivity index (χ4n) is 3.26. The van der Waals surface area contributed by atoms with E-state index in [4.69, 9.17) is 25.5 Å². The number of esters is 1. The van der Waals surface area contributed by atoms with Gasteiger partial charge >= 0.3 is 23.9 Å². The molecule has 2 aliphatic heterocycles. The number of β-lactam (4-membered cyclic amide) rings is 1. The first-order valence-electron chi connectivity index (χ1n) is 10.2. The molecule has 2 saturated heterocycles. The number of hydrogen-bond donors (Lipinski definition) is 5. The molecule has 5 atom stereocenters.